The minimum atomic E-state index is -4.99. The van der Waals surface area contributed by atoms with E-state index in [4.69, 9.17) is 0 Å². The molecular weight excluding hydrogens is 459 g/mol. The van der Waals surface area contributed by atoms with Crippen LogP contribution in [0, 0.1) is 5.92 Å². The molecule has 1 amide bonds. The van der Waals surface area contributed by atoms with E-state index in [0.717, 1.165) is 12.0 Å². The van der Waals surface area contributed by atoms with Gasteiger partial charge in [0.2, 0.25) is 9.84 Å². The number of hydrogen-bond acceptors (Lipinski definition) is 4. The first-order valence-electron chi connectivity index (χ1n) is 10.3. The minimum absolute atomic E-state index is 0.0487. The normalized spacial score (nSPS) is 13.1. The number of carbonyl (C=O) groups is 2. The van der Waals surface area contributed by atoms with Gasteiger partial charge in [-0.15, -0.1) is 0 Å². The van der Waals surface area contributed by atoms with Crippen molar-refractivity contribution in [3.63, 3.8) is 0 Å². The molecular formula is C23H26F3NO5S. The molecule has 2 aromatic rings. The number of nitrogens with one attached hydrogen (secondary N) is 1. The van der Waals surface area contributed by atoms with Crippen LogP contribution in [0.5, 0.6) is 0 Å². The highest BCUT2D eigenvalue weighted by atomic mass is 32.2. The average Bonchev–Trinajstić information content (AvgIpc) is 2.71. The second-order valence-electron chi connectivity index (χ2n) is 8.29. The number of rotatable bonds is 9. The lowest BCUT2D eigenvalue weighted by atomic mass is 10.0. The number of alkyl halides is 3. The largest absolute Gasteiger partial charge is 0.478 e. The third kappa shape index (κ3) is 7.05. The molecule has 2 N–H and O–H groups in total. The molecule has 0 heterocycles. The zero-order valence-electron chi connectivity index (χ0n) is 18.4. The lowest BCUT2D eigenvalue weighted by molar-refractivity contribution is -0.174. The van der Waals surface area contributed by atoms with Crippen LogP contribution in [0.2, 0.25) is 0 Å². The maximum atomic E-state index is 13.1. The number of carbonyl (C=O) groups excluding carboxylic acids is 1. The number of aryl methyl sites for hydroxylation is 1. The predicted octanol–water partition coefficient (Wildman–Crippen LogP) is 4.42. The van der Waals surface area contributed by atoms with Gasteiger partial charge in [-0.3, -0.25) is 4.79 Å². The summed E-state index contributed by atoms with van der Waals surface area (Å²) >= 11 is 0. The molecule has 0 aliphatic rings. The summed E-state index contributed by atoms with van der Waals surface area (Å²) in [5.41, 5.74) is 0.917. The number of sulfone groups is 1. The molecule has 0 saturated carbocycles. The fourth-order valence-corrected chi connectivity index (χ4v) is 4.66. The number of benzene rings is 2. The highest BCUT2D eigenvalue weighted by Crippen LogP contribution is 2.27. The van der Waals surface area contributed by atoms with Gasteiger partial charge >= 0.3 is 18.1 Å². The van der Waals surface area contributed by atoms with E-state index in [-0.39, 0.29) is 21.8 Å². The number of hydrogen-bond donors (Lipinski definition) is 2. The van der Waals surface area contributed by atoms with E-state index >= 15 is 0 Å². The smallest absolute Gasteiger partial charge is 0.471 e. The number of carboxylic acids is 1. The molecule has 0 aliphatic heterocycles. The van der Waals surface area contributed by atoms with Crippen LogP contribution < -0.4 is 5.32 Å². The standard InChI is InChI=1S/C23H26F3NO5S/c1-14(2)4-5-17-8-11-20(19(13-17)21(28)29)33(31,32)18-9-6-16(7-10-18)12-15(3)27-22(30)23(24,25)26/h6-11,13-15H,4-5,12H2,1-3H3,(H,27,30)(H,28,29)/t15-/m1/s1. The Kier molecular flexibility index (Phi) is 8.29. The van der Waals surface area contributed by atoms with Crippen LogP contribution in [0.1, 0.15) is 48.7 Å². The Morgan fingerprint density at radius 2 is 1.58 bits per heavy atom. The molecule has 6 nitrogen and oxygen atoms in total. The lowest BCUT2D eigenvalue weighted by Gasteiger charge is -2.15. The molecule has 33 heavy (non-hydrogen) atoms. The highest BCUT2D eigenvalue weighted by Gasteiger charge is 2.39. The number of carboxylic acid groups (broad SMARTS) is 1. The van der Waals surface area contributed by atoms with Crippen molar-refractivity contribution in [1.29, 1.82) is 0 Å². The Balaban J connectivity index is 2.25. The summed E-state index contributed by atoms with van der Waals surface area (Å²) in [6.07, 6.45) is -3.49. The van der Waals surface area contributed by atoms with Crippen LogP contribution in [0.4, 0.5) is 13.2 Å². The van der Waals surface area contributed by atoms with E-state index in [9.17, 15) is 36.3 Å². The molecule has 2 aromatic carbocycles. The topological polar surface area (TPSA) is 101 Å². The van der Waals surface area contributed by atoms with Crippen LogP contribution in [0.15, 0.2) is 52.3 Å². The molecule has 10 heteroatoms. The summed E-state index contributed by atoms with van der Waals surface area (Å²) in [6, 6.07) is 8.79. The average molecular weight is 486 g/mol. The molecule has 0 unspecified atom stereocenters. The van der Waals surface area contributed by atoms with Gasteiger partial charge in [-0.1, -0.05) is 32.0 Å². The van der Waals surface area contributed by atoms with Crippen molar-refractivity contribution >= 4 is 21.7 Å². The first-order chi connectivity index (χ1) is 15.2. The maximum absolute atomic E-state index is 13.1. The zero-order chi connectivity index (χ0) is 25.0. The van der Waals surface area contributed by atoms with Crippen molar-refractivity contribution < 1.29 is 36.3 Å². The molecule has 0 bridgehead atoms. The second kappa shape index (κ2) is 10.4. The summed E-state index contributed by atoms with van der Waals surface area (Å²) in [6.45, 7) is 5.46. The summed E-state index contributed by atoms with van der Waals surface area (Å²) in [5.74, 6) is -3.00. The van der Waals surface area contributed by atoms with E-state index in [1.54, 1.807) is 6.07 Å². The van der Waals surface area contributed by atoms with E-state index in [2.05, 4.69) is 0 Å². The molecule has 2 rings (SSSR count). The van der Waals surface area contributed by atoms with Gasteiger partial charge in [0, 0.05) is 6.04 Å². The summed E-state index contributed by atoms with van der Waals surface area (Å²) in [4.78, 5) is 22.3. The third-order valence-electron chi connectivity index (χ3n) is 4.98. The van der Waals surface area contributed by atoms with Gasteiger partial charge in [0.05, 0.1) is 15.4 Å². The van der Waals surface area contributed by atoms with Gasteiger partial charge in [0.1, 0.15) is 0 Å². The first-order valence-corrected chi connectivity index (χ1v) is 11.8. The predicted molar refractivity (Wildman–Crippen MR) is 116 cm³/mol. The van der Waals surface area contributed by atoms with Crippen molar-refractivity contribution in [1.82, 2.24) is 5.32 Å². The summed E-state index contributed by atoms with van der Waals surface area (Å²) in [7, 11) is -4.15. The Hall–Kier alpha value is -2.88. The monoisotopic (exact) mass is 485 g/mol. The van der Waals surface area contributed by atoms with E-state index in [1.165, 1.54) is 43.3 Å². The third-order valence-corrected chi connectivity index (χ3v) is 6.81. The molecule has 0 saturated heterocycles. The highest BCUT2D eigenvalue weighted by molar-refractivity contribution is 7.91. The molecule has 0 aliphatic carbocycles. The summed E-state index contributed by atoms with van der Waals surface area (Å²) in [5, 5.41) is 11.4. The van der Waals surface area contributed by atoms with Gasteiger partial charge in [-0.2, -0.15) is 13.2 Å². The van der Waals surface area contributed by atoms with Crippen LogP contribution in [0.3, 0.4) is 0 Å². The Labute approximate surface area is 190 Å². The van der Waals surface area contributed by atoms with E-state index in [1.807, 2.05) is 19.2 Å². The van der Waals surface area contributed by atoms with Crippen LogP contribution in [0.25, 0.3) is 0 Å². The van der Waals surface area contributed by atoms with Gasteiger partial charge in [-0.25, -0.2) is 13.2 Å². The van der Waals surface area contributed by atoms with Crippen molar-refractivity contribution in [2.45, 2.75) is 62.0 Å². The molecule has 180 valence electrons. The fourth-order valence-electron chi connectivity index (χ4n) is 3.23. The van der Waals surface area contributed by atoms with Crippen molar-refractivity contribution in [3.05, 3.63) is 59.2 Å². The SMILES string of the molecule is CC(C)CCc1ccc(S(=O)(=O)c2ccc(C[C@@H](C)NC(=O)C(F)(F)F)cc2)c(C(=O)O)c1. The summed E-state index contributed by atoms with van der Waals surface area (Å²) < 4.78 is 63.3. The first kappa shape index (κ1) is 26.4. The van der Waals surface area contributed by atoms with Crippen LogP contribution in [-0.2, 0) is 27.5 Å². The van der Waals surface area contributed by atoms with Crippen LogP contribution >= 0.6 is 0 Å². The van der Waals surface area contributed by atoms with E-state index in [0.29, 0.717) is 17.9 Å². The fraction of sp³-hybridized carbons (Fsp3) is 0.391. The van der Waals surface area contributed by atoms with Crippen molar-refractivity contribution in [2.24, 2.45) is 5.92 Å². The van der Waals surface area contributed by atoms with Crippen LogP contribution in [-0.4, -0.2) is 37.6 Å². The molecule has 0 radical (unpaired) electrons. The lowest BCUT2D eigenvalue weighted by Crippen LogP contribution is -2.42. The molecule has 0 spiro atoms. The molecule has 1 atom stereocenters. The zero-order valence-corrected chi connectivity index (χ0v) is 19.3. The van der Waals surface area contributed by atoms with Crippen molar-refractivity contribution in [3.8, 4) is 0 Å². The number of amides is 1. The Bertz CT molecular complexity index is 1110. The van der Waals surface area contributed by atoms with Crippen molar-refractivity contribution in [2.75, 3.05) is 0 Å². The Morgan fingerprint density at radius 3 is 2.09 bits per heavy atom. The second-order valence-corrected chi connectivity index (χ2v) is 10.2. The van der Waals surface area contributed by atoms with Gasteiger partial charge in [0.25, 0.3) is 0 Å². The van der Waals surface area contributed by atoms with Gasteiger partial charge in [0.15, 0.2) is 0 Å². The minimum Gasteiger partial charge on any atom is -0.478 e. The van der Waals surface area contributed by atoms with Gasteiger partial charge in [-0.05, 0) is 67.5 Å². The maximum Gasteiger partial charge on any atom is 0.471 e. The molecule has 0 fully saturated rings. The van der Waals surface area contributed by atoms with Gasteiger partial charge < -0.3 is 10.4 Å². The van der Waals surface area contributed by atoms with E-state index < -0.39 is 33.9 Å². The molecule has 0 aromatic heterocycles. The quantitative estimate of drug-likeness (QED) is 0.548. The number of aromatic carboxylic acids is 1. The number of halogens is 3. The Morgan fingerprint density at radius 1 is 1.00 bits per heavy atom.